The van der Waals surface area contributed by atoms with E-state index in [1.165, 1.54) is 26.4 Å². The van der Waals surface area contributed by atoms with Crippen LogP contribution in [0.25, 0.3) is 0 Å². The molecule has 0 saturated heterocycles. The fourth-order valence-electron chi connectivity index (χ4n) is 1.53. The van der Waals surface area contributed by atoms with Gasteiger partial charge >= 0.3 is 6.18 Å². The predicted molar refractivity (Wildman–Crippen MR) is 64.8 cm³/mol. The lowest BCUT2D eigenvalue weighted by atomic mass is 10.0. The van der Waals surface area contributed by atoms with Gasteiger partial charge in [-0.3, -0.25) is 0 Å². The molecule has 3 nitrogen and oxygen atoms in total. The van der Waals surface area contributed by atoms with Crippen LogP contribution >= 0.6 is 15.9 Å². The first-order chi connectivity index (χ1) is 8.28. The van der Waals surface area contributed by atoms with Gasteiger partial charge in [-0.15, -0.1) is 0 Å². The van der Waals surface area contributed by atoms with E-state index in [9.17, 15) is 13.2 Å². The number of nitrogens with two attached hydrogens (primary N) is 1. The lowest BCUT2D eigenvalue weighted by Gasteiger charge is -2.18. The van der Waals surface area contributed by atoms with Crippen LogP contribution in [0, 0.1) is 0 Å². The second-order valence-electron chi connectivity index (χ2n) is 3.65. The van der Waals surface area contributed by atoms with Crippen LogP contribution in [0.5, 0.6) is 11.5 Å². The maximum atomic E-state index is 12.3. The first-order valence-corrected chi connectivity index (χ1v) is 5.81. The van der Waals surface area contributed by atoms with E-state index in [2.05, 4.69) is 15.9 Å². The van der Waals surface area contributed by atoms with Crippen molar-refractivity contribution in [3.63, 3.8) is 0 Å². The van der Waals surface area contributed by atoms with Gasteiger partial charge in [0.25, 0.3) is 0 Å². The summed E-state index contributed by atoms with van der Waals surface area (Å²) in [6.07, 6.45) is -5.45. The van der Waals surface area contributed by atoms with Crippen molar-refractivity contribution in [1.29, 1.82) is 0 Å². The third-order valence-corrected chi connectivity index (χ3v) is 2.97. The zero-order chi connectivity index (χ0) is 13.9. The Hall–Kier alpha value is -0.950. The standard InChI is InChI=1S/C11H13BrF3NO2/c1-17-9-4-7(12)10(18-2)3-6(9)8(16)5-11(13,14)15/h3-4,8H,5,16H2,1-2H3/t8-/m0/s1. The summed E-state index contributed by atoms with van der Waals surface area (Å²) < 4.78 is 47.6. The van der Waals surface area contributed by atoms with Crippen molar-refractivity contribution in [3.05, 3.63) is 22.2 Å². The van der Waals surface area contributed by atoms with Crippen LogP contribution in [0.15, 0.2) is 16.6 Å². The zero-order valence-corrected chi connectivity index (χ0v) is 11.4. The Morgan fingerprint density at radius 2 is 1.78 bits per heavy atom. The minimum absolute atomic E-state index is 0.259. The van der Waals surface area contributed by atoms with Crippen molar-refractivity contribution in [1.82, 2.24) is 0 Å². The van der Waals surface area contributed by atoms with Crippen molar-refractivity contribution in [3.8, 4) is 11.5 Å². The van der Waals surface area contributed by atoms with Crippen LogP contribution < -0.4 is 15.2 Å². The van der Waals surface area contributed by atoms with Gasteiger partial charge in [0, 0.05) is 11.6 Å². The van der Waals surface area contributed by atoms with E-state index in [1.807, 2.05) is 0 Å². The Balaban J connectivity index is 3.13. The topological polar surface area (TPSA) is 44.5 Å². The molecule has 1 aromatic carbocycles. The fourth-order valence-corrected chi connectivity index (χ4v) is 2.02. The molecular weight excluding hydrogens is 315 g/mol. The maximum Gasteiger partial charge on any atom is 0.390 e. The van der Waals surface area contributed by atoms with Crippen molar-refractivity contribution < 1.29 is 22.6 Å². The van der Waals surface area contributed by atoms with Crippen LogP contribution in [-0.2, 0) is 0 Å². The molecule has 0 aliphatic heterocycles. The number of hydrogen-bond acceptors (Lipinski definition) is 3. The van der Waals surface area contributed by atoms with Gasteiger partial charge in [0.1, 0.15) is 11.5 Å². The lowest BCUT2D eigenvalue weighted by molar-refractivity contribution is -0.138. The molecule has 0 aliphatic carbocycles. The number of methoxy groups -OCH3 is 2. The van der Waals surface area contributed by atoms with Gasteiger partial charge in [-0.1, -0.05) is 0 Å². The van der Waals surface area contributed by atoms with E-state index in [4.69, 9.17) is 15.2 Å². The van der Waals surface area contributed by atoms with E-state index in [1.54, 1.807) is 0 Å². The summed E-state index contributed by atoms with van der Waals surface area (Å²) in [7, 11) is 2.80. The molecule has 0 heterocycles. The lowest BCUT2D eigenvalue weighted by Crippen LogP contribution is -2.20. The van der Waals surface area contributed by atoms with Crippen LogP contribution in [0.1, 0.15) is 18.0 Å². The molecule has 0 fully saturated rings. The van der Waals surface area contributed by atoms with Crippen LogP contribution in [-0.4, -0.2) is 20.4 Å². The second-order valence-corrected chi connectivity index (χ2v) is 4.51. The molecular formula is C11H13BrF3NO2. The quantitative estimate of drug-likeness (QED) is 0.921. The van der Waals surface area contributed by atoms with E-state index in [0.29, 0.717) is 16.0 Å². The van der Waals surface area contributed by atoms with Crippen LogP contribution in [0.2, 0.25) is 0 Å². The zero-order valence-electron chi connectivity index (χ0n) is 9.84. The van der Waals surface area contributed by atoms with Crippen molar-refractivity contribution in [2.24, 2.45) is 5.73 Å². The van der Waals surface area contributed by atoms with E-state index in [-0.39, 0.29) is 5.56 Å². The summed E-state index contributed by atoms with van der Waals surface area (Å²) in [5.74, 6) is 0.697. The Morgan fingerprint density at radius 3 is 2.22 bits per heavy atom. The molecule has 0 bridgehead atoms. The summed E-state index contributed by atoms with van der Waals surface area (Å²) in [6.45, 7) is 0. The second kappa shape index (κ2) is 5.79. The Bertz CT molecular complexity index is 423. The largest absolute Gasteiger partial charge is 0.496 e. The maximum absolute atomic E-state index is 12.3. The first kappa shape index (κ1) is 15.1. The van der Waals surface area contributed by atoms with E-state index >= 15 is 0 Å². The number of rotatable bonds is 4. The summed E-state index contributed by atoms with van der Waals surface area (Å²) in [6, 6.07) is 1.78. The molecule has 0 spiro atoms. The molecule has 18 heavy (non-hydrogen) atoms. The average molecular weight is 328 g/mol. The molecule has 0 saturated carbocycles. The number of hydrogen-bond donors (Lipinski definition) is 1. The third-order valence-electron chi connectivity index (χ3n) is 2.35. The number of ether oxygens (including phenoxy) is 2. The molecule has 0 aliphatic rings. The molecule has 1 atom stereocenters. The van der Waals surface area contributed by atoms with Gasteiger partial charge in [0.15, 0.2) is 0 Å². The minimum atomic E-state index is -4.33. The van der Waals surface area contributed by atoms with Gasteiger partial charge < -0.3 is 15.2 Å². The number of benzene rings is 1. The van der Waals surface area contributed by atoms with Gasteiger partial charge in [-0.25, -0.2) is 0 Å². The summed E-state index contributed by atoms with van der Waals surface area (Å²) >= 11 is 3.22. The minimum Gasteiger partial charge on any atom is -0.496 e. The highest BCUT2D eigenvalue weighted by atomic mass is 79.9. The Kier molecular flexibility index (Phi) is 4.86. The molecule has 0 unspecified atom stereocenters. The third kappa shape index (κ3) is 3.78. The van der Waals surface area contributed by atoms with Gasteiger partial charge in [-0.2, -0.15) is 13.2 Å². The molecule has 102 valence electrons. The average Bonchev–Trinajstić information content (AvgIpc) is 2.26. The highest BCUT2D eigenvalue weighted by Gasteiger charge is 2.32. The van der Waals surface area contributed by atoms with Gasteiger partial charge in [-0.05, 0) is 28.1 Å². The van der Waals surface area contributed by atoms with E-state index in [0.717, 1.165) is 0 Å². The predicted octanol–water partition coefficient (Wildman–Crippen LogP) is 3.42. The smallest absolute Gasteiger partial charge is 0.390 e. The highest BCUT2D eigenvalue weighted by Crippen LogP contribution is 2.38. The Morgan fingerprint density at radius 1 is 1.22 bits per heavy atom. The van der Waals surface area contributed by atoms with Crippen molar-refractivity contribution in [2.75, 3.05) is 14.2 Å². The molecule has 2 N–H and O–H groups in total. The summed E-state index contributed by atoms with van der Waals surface area (Å²) in [4.78, 5) is 0. The molecule has 0 amide bonds. The molecule has 1 aromatic rings. The molecule has 1 rings (SSSR count). The van der Waals surface area contributed by atoms with Crippen molar-refractivity contribution in [2.45, 2.75) is 18.6 Å². The summed E-state index contributed by atoms with van der Waals surface area (Å²) in [5.41, 5.74) is 5.82. The first-order valence-electron chi connectivity index (χ1n) is 5.02. The normalized spacial score (nSPS) is 13.3. The molecule has 0 aromatic heterocycles. The number of alkyl halides is 3. The fraction of sp³-hybridized carbons (Fsp3) is 0.455. The van der Waals surface area contributed by atoms with Crippen LogP contribution in [0.4, 0.5) is 13.2 Å². The van der Waals surface area contributed by atoms with Crippen molar-refractivity contribution >= 4 is 15.9 Å². The van der Waals surface area contributed by atoms with Gasteiger partial charge in [0.2, 0.25) is 0 Å². The number of halogens is 4. The SMILES string of the molecule is COc1cc([C@@H](N)CC(F)(F)F)c(OC)cc1Br. The highest BCUT2D eigenvalue weighted by molar-refractivity contribution is 9.10. The van der Waals surface area contributed by atoms with Gasteiger partial charge in [0.05, 0.1) is 25.1 Å². The van der Waals surface area contributed by atoms with E-state index < -0.39 is 18.6 Å². The Labute approximate surface area is 111 Å². The molecule has 7 heteroatoms. The molecule has 0 radical (unpaired) electrons. The summed E-state index contributed by atoms with van der Waals surface area (Å²) in [5, 5.41) is 0. The van der Waals surface area contributed by atoms with Crippen LogP contribution in [0.3, 0.4) is 0 Å². The monoisotopic (exact) mass is 327 g/mol.